The summed E-state index contributed by atoms with van der Waals surface area (Å²) in [4.78, 5) is 4.55. The van der Waals surface area contributed by atoms with Crippen LogP contribution >= 0.6 is 0 Å². The van der Waals surface area contributed by atoms with Gasteiger partial charge in [-0.25, -0.2) is 0 Å². The van der Waals surface area contributed by atoms with Gasteiger partial charge in [0, 0.05) is 35.1 Å². The molecule has 3 rings (SSSR count). The molecule has 1 heterocycles. The minimum Gasteiger partial charge on any atom is -0.399 e. The highest BCUT2D eigenvalue weighted by Gasteiger charge is 2.29. The first-order valence-corrected chi connectivity index (χ1v) is 7.20. The number of nitrogens with two attached hydrogens (primary N) is 1. The fourth-order valence-corrected chi connectivity index (χ4v) is 2.77. The predicted molar refractivity (Wildman–Crippen MR) is 83.0 cm³/mol. The summed E-state index contributed by atoms with van der Waals surface area (Å²) in [6.45, 7) is 4.86. The first kappa shape index (κ1) is 13.2. The number of nitrogen functional groups attached to an aromatic ring is 1. The van der Waals surface area contributed by atoms with Gasteiger partial charge >= 0.3 is 0 Å². The molecule has 0 saturated heterocycles. The van der Waals surface area contributed by atoms with E-state index in [1.54, 1.807) is 0 Å². The third kappa shape index (κ3) is 2.56. The Labute approximate surface area is 119 Å². The molecular formula is C16H21N3O. The van der Waals surface area contributed by atoms with Crippen LogP contribution in [0.1, 0.15) is 25.5 Å². The van der Waals surface area contributed by atoms with Gasteiger partial charge in [-0.3, -0.25) is 4.98 Å². The lowest BCUT2D eigenvalue weighted by molar-refractivity contribution is 0.00302. The zero-order valence-electron chi connectivity index (χ0n) is 12.0. The molecule has 3 N–H and O–H groups in total. The molecule has 4 heteroatoms. The molecule has 2 aromatic rings. The molecule has 4 nitrogen and oxygen atoms in total. The second-order valence-corrected chi connectivity index (χ2v) is 5.48. The number of pyridine rings is 1. The average Bonchev–Trinajstić information content (AvgIpc) is 2.37. The van der Waals surface area contributed by atoms with Crippen LogP contribution in [-0.4, -0.2) is 23.7 Å². The molecule has 1 aromatic heterocycles. The molecular weight excluding hydrogens is 250 g/mol. The molecule has 106 valence electrons. The van der Waals surface area contributed by atoms with Gasteiger partial charge in [0.25, 0.3) is 0 Å². The molecule has 1 aliphatic rings. The second kappa shape index (κ2) is 5.29. The van der Waals surface area contributed by atoms with Crippen LogP contribution < -0.4 is 11.1 Å². The summed E-state index contributed by atoms with van der Waals surface area (Å²) in [5, 5.41) is 4.70. The normalized spacial score (nSPS) is 21.7. The lowest BCUT2D eigenvalue weighted by Crippen LogP contribution is -2.40. The number of hydrogen-bond donors (Lipinski definition) is 2. The molecule has 20 heavy (non-hydrogen) atoms. The van der Waals surface area contributed by atoms with E-state index in [0.717, 1.165) is 47.4 Å². The molecule has 1 aromatic carbocycles. The Hall–Kier alpha value is -1.81. The smallest absolute Gasteiger partial charge is 0.0727 e. The number of nitrogens with zero attached hydrogens (tertiary/aromatic N) is 1. The maximum Gasteiger partial charge on any atom is 0.0727 e. The topological polar surface area (TPSA) is 60.2 Å². The van der Waals surface area contributed by atoms with E-state index in [-0.39, 0.29) is 0 Å². The Kier molecular flexibility index (Phi) is 3.49. The Balaban J connectivity index is 1.82. The third-order valence-electron chi connectivity index (χ3n) is 3.82. The first-order chi connectivity index (χ1) is 9.65. The highest BCUT2D eigenvalue weighted by Crippen LogP contribution is 2.31. The van der Waals surface area contributed by atoms with Crippen molar-refractivity contribution in [1.29, 1.82) is 0 Å². The zero-order valence-corrected chi connectivity index (χ0v) is 12.0. The molecule has 1 aliphatic carbocycles. The molecule has 0 radical (unpaired) electrons. The SMILES string of the molecule is CCOC1CC(Nc2cc(C)nc3ccc(N)cc23)C1. The number of hydrogen-bond acceptors (Lipinski definition) is 4. The first-order valence-electron chi connectivity index (χ1n) is 7.20. The molecule has 0 spiro atoms. The fourth-order valence-electron chi connectivity index (χ4n) is 2.77. The van der Waals surface area contributed by atoms with Crippen LogP contribution in [-0.2, 0) is 4.74 Å². The Morgan fingerprint density at radius 2 is 2.15 bits per heavy atom. The summed E-state index contributed by atoms with van der Waals surface area (Å²) in [6, 6.07) is 8.44. The van der Waals surface area contributed by atoms with Gasteiger partial charge in [-0.05, 0) is 51.0 Å². The van der Waals surface area contributed by atoms with E-state index in [1.807, 2.05) is 32.0 Å². The maximum atomic E-state index is 5.89. The highest BCUT2D eigenvalue weighted by molar-refractivity contribution is 5.93. The highest BCUT2D eigenvalue weighted by atomic mass is 16.5. The van der Waals surface area contributed by atoms with Gasteiger partial charge < -0.3 is 15.8 Å². The number of benzene rings is 1. The minimum atomic E-state index is 0.414. The molecule has 0 unspecified atom stereocenters. The van der Waals surface area contributed by atoms with Crippen molar-refractivity contribution < 1.29 is 4.74 Å². The average molecular weight is 271 g/mol. The molecule has 1 saturated carbocycles. The summed E-state index contributed by atoms with van der Waals surface area (Å²) < 4.78 is 5.60. The summed E-state index contributed by atoms with van der Waals surface area (Å²) in [7, 11) is 0. The van der Waals surface area contributed by atoms with Crippen molar-refractivity contribution in [2.75, 3.05) is 17.7 Å². The Bertz CT molecular complexity index is 620. The second-order valence-electron chi connectivity index (χ2n) is 5.48. The molecule has 0 bridgehead atoms. The van der Waals surface area contributed by atoms with Gasteiger partial charge in [-0.1, -0.05) is 0 Å². The quantitative estimate of drug-likeness (QED) is 0.839. The van der Waals surface area contributed by atoms with E-state index in [1.165, 1.54) is 0 Å². The van der Waals surface area contributed by atoms with Crippen LogP contribution in [0.3, 0.4) is 0 Å². The van der Waals surface area contributed by atoms with Crippen LogP contribution in [0, 0.1) is 6.92 Å². The lowest BCUT2D eigenvalue weighted by atomic mass is 9.89. The van der Waals surface area contributed by atoms with Gasteiger partial charge in [0.1, 0.15) is 0 Å². The molecule has 0 aliphatic heterocycles. The fraction of sp³-hybridized carbons (Fsp3) is 0.438. The number of aromatic nitrogens is 1. The van der Waals surface area contributed by atoms with E-state index >= 15 is 0 Å². The maximum absolute atomic E-state index is 5.89. The van der Waals surface area contributed by atoms with Crippen LogP contribution in [0.15, 0.2) is 24.3 Å². The van der Waals surface area contributed by atoms with Crippen LogP contribution in [0.25, 0.3) is 10.9 Å². The Morgan fingerprint density at radius 1 is 1.35 bits per heavy atom. The van der Waals surface area contributed by atoms with E-state index in [9.17, 15) is 0 Å². The van der Waals surface area contributed by atoms with Crippen molar-refractivity contribution in [3.63, 3.8) is 0 Å². The molecule has 0 amide bonds. The third-order valence-corrected chi connectivity index (χ3v) is 3.82. The number of aryl methyl sites for hydroxylation is 1. The molecule has 1 fully saturated rings. The van der Waals surface area contributed by atoms with Crippen molar-refractivity contribution in [2.45, 2.75) is 38.8 Å². The Morgan fingerprint density at radius 3 is 2.90 bits per heavy atom. The van der Waals surface area contributed by atoms with Gasteiger partial charge in [-0.2, -0.15) is 0 Å². The van der Waals surface area contributed by atoms with Crippen molar-refractivity contribution in [3.8, 4) is 0 Å². The van der Waals surface area contributed by atoms with Crippen molar-refractivity contribution in [2.24, 2.45) is 0 Å². The number of fused-ring (bicyclic) bond motifs is 1. The monoisotopic (exact) mass is 271 g/mol. The number of anilines is 2. The van der Waals surface area contributed by atoms with Crippen molar-refractivity contribution in [1.82, 2.24) is 4.98 Å². The zero-order chi connectivity index (χ0) is 14.1. The van der Waals surface area contributed by atoms with Gasteiger partial charge in [0.05, 0.1) is 11.6 Å². The van der Waals surface area contributed by atoms with Crippen LogP contribution in [0.2, 0.25) is 0 Å². The van der Waals surface area contributed by atoms with E-state index in [4.69, 9.17) is 10.5 Å². The number of nitrogens with one attached hydrogen (secondary N) is 1. The lowest BCUT2D eigenvalue weighted by Gasteiger charge is -2.36. The summed E-state index contributed by atoms with van der Waals surface area (Å²) in [6.07, 6.45) is 2.55. The van der Waals surface area contributed by atoms with E-state index in [0.29, 0.717) is 12.1 Å². The van der Waals surface area contributed by atoms with E-state index < -0.39 is 0 Å². The van der Waals surface area contributed by atoms with Crippen molar-refractivity contribution in [3.05, 3.63) is 30.0 Å². The summed E-state index contributed by atoms with van der Waals surface area (Å²) >= 11 is 0. The van der Waals surface area contributed by atoms with Gasteiger partial charge in [0.2, 0.25) is 0 Å². The molecule has 0 atom stereocenters. The summed E-state index contributed by atoms with van der Waals surface area (Å²) in [5.41, 5.74) is 9.80. The van der Waals surface area contributed by atoms with Gasteiger partial charge in [-0.15, -0.1) is 0 Å². The standard InChI is InChI=1S/C16H21N3O/c1-3-20-13-8-12(9-13)19-16-6-10(2)18-15-5-4-11(17)7-14(15)16/h4-7,12-13H,3,8-9,17H2,1-2H3,(H,18,19). The summed E-state index contributed by atoms with van der Waals surface area (Å²) in [5.74, 6) is 0. The minimum absolute atomic E-state index is 0.414. The number of rotatable bonds is 4. The number of ether oxygens (including phenoxy) is 1. The largest absolute Gasteiger partial charge is 0.399 e. The van der Waals surface area contributed by atoms with Crippen LogP contribution in [0.4, 0.5) is 11.4 Å². The predicted octanol–water partition coefficient (Wildman–Crippen LogP) is 3.10. The van der Waals surface area contributed by atoms with E-state index in [2.05, 4.69) is 16.4 Å². The van der Waals surface area contributed by atoms with Crippen LogP contribution in [0.5, 0.6) is 0 Å². The van der Waals surface area contributed by atoms with Crippen molar-refractivity contribution >= 4 is 22.3 Å². The van der Waals surface area contributed by atoms with Gasteiger partial charge in [0.15, 0.2) is 0 Å².